The van der Waals surface area contributed by atoms with Gasteiger partial charge in [0.05, 0.1) is 10.5 Å². The summed E-state index contributed by atoms with van der Waals surface area (Å²) in [5.41, 5.74) is -0.0477. The third kappa shape index (κ3) is 3.38. The van der Waals surface area contributed by atoms with Crippen molar-refractivity contribution in [1.29, 1.82) is 0 Å². The van der Waals surface area contributed by atoms with Crippen molar-refractivity contribution in [3.63, 3.8) is 0 Å². The van der Waals surface area contributed by atoms with E-state index >= 15 is 0 Å². The van der Waals surface area contributed by atoms with E-state index < -0.39 is 28.0 Å². The van der Waals surface area contributed by atoms with Crippen molar-refractivity contribution >= 4 is 11.6 Å². The van der Waals surface area contributed by atoms with E-state index in [-0.39, 0.29) is 12.2 Å². The molecule has 0 spiro atoms. The number of carbonyl (C=O) groups is 1. The molecule has 2 aromatic rings. The minimum atomic E-state index is -1.23. The van der Waals surface area contributed by atoms with Gasteiger partial charge in [-0.2, -0.15) is 0 Å². The van der Waals surface area contributed by atoms with Gasteiger partial charge in [-0.05, 0) is 17.7 Å². The van der Waals surface area contributed by atoms with Gasteiger partial charge in [-0.15, -0.1) is 0 Å². The van der Waals surface area contributed by atoms with E-state index in [1.165, 1.54) is 24.3 Å². The lowest BCUT2D eigenvalue weighted by molar-refractivity contribution is -0.384. The summed E-state index contributed by atoms with van der Waals surface area (Å²) < 4.78 is 26.4. The third-order valence-electron chi connectivity index (χ3n) is 2.77. The highest BCUT2D eigenvalue weighted by atomic mass is 19.2. The first-order chi connectivity index (χ1) is 9.99. The zero-order valence-corrected chi connectivity index (χ0v) is 10.7. The van der Waals surface area contributed by atoms with Crippen LogP contribution >= 0.6 is 0 Å². The summed E-state index contributed by atoms with van der Waals surface area (Å²) in [4.78, 5) is 21.8. The van der Waals surface area contributed by atoms with Crippen molar-refractivity contribution in [1.82, 2.24) is 5.32 Å². The van der Waals surface area contributed by atoms with E-state index in [2.05, 4.69) is 5.32 Å². The second kappa shape index (κ2) is 6.08. The Bertz CT molecular complexity index is 704. The highest BCUT2D eigenvalue weighted by molar-refractivity contribution is 5.94. The van der Waals surface area contributed by atoms with Gasteiger partial charge in [0.15, 0.2) is 11.6 Å². The van der Waals surface area contributed by atoms with Crippen LogP contribution in [0.15, 0.2) is 42.5 Å². The van der Waals surface area contributed by atoms with Crippen LogP contribution in [-0.2, 0) is 6.54 Å². The van der Waals surface area contributed by atoms with Crippen molar-refractivity contribution in [3.8, 4) is 0 Å². The van der Waals surface area contributed by atoms with Gasteiger partial charge in [-0.25, -0.2) is 8.78 Å². The molecule has 0 saturated heterocycles. The number of hydrogen-bond donors (Lipinski definition) is 1. The Labute approximate surface area is 118 Å². The molecule has 0 unspecified atom stereocenters. The number of nitrogens with one attached hydrogen (secondary N) is 1. The van der Waals surface area contributed by atoms with Gasteiger partial charge in [-0.3, -0.25) is 14.9 Å². The first kappa shape index (κ1) is 14.6. The second-order valence-corrected chi connectivity index (χ2v) is 4.21. The maximum absolute atomic E-state index is 13.4. The number of nitro groups is 1. The van der Waals surface area contributed by atoms with E-state index in [9.17, 15) is 23.7 Å². The molecular weight excluding hydrogens is 282 g/mol. The summed E-state index contributed by atoms with van der Waals surface area (Å²) in [7, 11) is 0. The Morgan fingerprint density at radius 1 is 1.19 bits per heavy atom. The molecular formula is C14H10F2N2O3. The van der Waals surface area contributed by atoms with E-state index in [0.29, 0.717) is 5.56 Å². The number of nitro benzene ring substituents is 1. The normalized spacial score (nSPS) is 10.2. The van der Waals surface area contributed by atoms with Gasteiger partial charge in [0.2, 0.25) is 0 Å². The summed E-state index contributed by atoms with van der Waals surface area (Å²) in [6, 6.07) is 8.95. The fourth-order valence-corrected chi connectivity index (χ4v) is 1.74. The van der Waals surface area contributed by atoms with Gasteiger partial charge in [-0.1, -0.05) is 18.2 Å². The van der Waals surface area contributed by atoms with Crippen molar-refractivity contribution in [2.75, 3.05) is 0 Å². The number of nitrogens with zero attached hydrogens (tertiary/aromatic N) is 1. The fraction of sp³-hybridized carbons (Fsp3) is 0.0714. The predicted molar refractivity (Wildman–Crippen MR) is 70.6 cm³/mol. The van der Waals surface area contributed by atoms with E-state index in [0.717, 1.165) is 12.1 Å². The lowest BCUT2D eigenvalue weighted by atomic mass is 10.1. The molecule has 5 nitrogen and oxygen atoms in total. The molecule has 0 atom stereocenters. The summed E-state index contributed by atoms with van der Waals surface area (Å²) in [5.74, 6) is -3.13. The average molecular weight is 292 g/mol. The second-order valence-electron chi connectivity index (χ2n) is 4.21. The van der Waals surface area contributed by atoms with Gasteiger partial charge in [0.25, 0.3) is 11.6 Å². The van der Waals surface area contributed by atoms with Crippen LogP contribution in [0.3, 0.4) is 0 Å². The summed E-state index contributed by atoms with van der Waals surface area (Å²) in [6.07, 6.45) is 0. The Morgan fingerprint density at radius 2 is 1.90 bits per heavy atom. The van der Waals surface area contributed by atoms with Crippen LogP contribution in [0.4, 0.5) is 14.5 Å². The van der Waals surface area contributed by atoms with E-state index in [1.807, 2.05) is 0 Å². The van der Waals surface area contributed by atoms with Crippen molar-refractivity contribution < 1.29 is 18.5 Å². The number of hydrogen-bond acceptors (Lipinski definition) is 3. The first-order valence-electron chi connectivity index (χ1n) is 5.94. The minimum Gasteiger partial charge on any atom is -0.348 e. The first-order valence-corrected chi connectivity index (χ1v) is 5.94. The van der Waals surface area contributed by atoms with Crippen LogP contribution in [0, 0.1) is 21.7 Å². The minimum absolute atomic E-state index is 0.0313. The number of carbonyl (C=O) groups excluding carboxylic acids is 1. The number of amides is 1. The molecule has 0 heterocycles. The largest absolute Gasteiger partial charge is 0.348 e. The molecule has 1 N–H and O–H groups in total. The van der Waals surface area contributed by atoms with Gasteiger partial charge in [0.1, 0.15) is 0 Å². The third-order valence-corrected chi connectivity index (χ3v) is 2.77. The van der Waals surface area contributed by atoms with Crippen LogP contribution in [0.1, 0.15) is 15.9 Å². The molecule has 0 fully saturated rings. The summed E-state index contributed by atoms with van der Waals surface area (Å²) >= 11 is 0. The zero-order valence-electron chi connectivity index (χ0n) is 10.7. The lowest BCUT2D eigenvalue weighted by Crippen LogP contribution is -2.24. The number of halogens is 2. The molecule has 21 heavy (non-hydrogen) atoms. The van der Waals surface area contributed by atoms with Crippen molar-refractivity contribution in [2.45, 2.75) is 6.54 Å². The van der Waals surface area contributed by atoms with Crippen LogP contribution in [0.5, 0.6) is 0 Å². The Morgan fingerprint density at radius 3 is 2.62 bits per heavy atom. The highest BCUT2D eigenvalue weighted by Crippen LogP contribution is 2.14. The highest BCUT2D eigenvalue weighted by Gasteiger charge is 2.15. The van der Waals surface area contributed by atoms with Gasteiger partial charge >= 0.3 is 0 Å². The number of rotatable bonds is 4. The van der Waals surface area contributed by atoms with Gasteiger partial charge in [0, 0.05) is 18.7 Å². The molecule has 0 aromatic heterocycles. The molecule has 0 aliphatic carbocycles. The quantitative estimate of drug-likeness (QED) is 0.695. The summed E-state index contributed by atoms with van der Waals surface area (Å²) in [5, 5.41) is 13.0. The molecule has 2 aromatic carbocycles. The van der Waals surface area contributed by atoms with Crippen molar-refractivity contribution in [2.24, 2.45) is 0 Å². The topological polar surface area (TPSA) is 72.2 Å². The Hall–Kier alpha value is -2.83. The van der Waals surface area contributed by atoms with Crippen LogP contribution in [0.2, 0.25) is 0 Å². The SMILES string of the molecule is O=C(NCc1cccc([N+](=O)[O-])c1)c1cccc(F)c1F. The average Bonchev–Trinajstić information content (AvgIpc) is 2.48. The van der Waals surface area contributed by atoms with Crippen LogP contribution in [-0.4, -0.2) is 10.8 Å². The molecule has 0 radical (unpaired) electrons. The molecule has 2 rings (SSSR count). The molecule has 7 heteroatoms. The van der Waals surface area contributed by atoms with E-state index in [1.54, 1.807) is 6.07 Å². The maximum Gasteiger partial charge on any atom is 0.269 e. The molecule has 0 aliphatic heterocycles. The molecule has 0 aliphatic rings. The number of benzene rings is 2. The maximum atomic E-state index is 13.4. The van der Waals surface area contributed by atoms with E-state index in [4.69, 9.17) is 0 Å². The van der Waals surface area contributed by atoms with Gasteiger partial charge < -0.3 is 5.32 Å². The van der Waals surface area contributed by atoms with Crippen LogP contribution < -0.4 is 5.32 Å². The summed E-state index contributed by atoms with van der Waals surface area (Å²) in [6.45, 7) is -0.0313. The lowest BCUT2D eigenvalue weighted by Gasteiger charge is -2.06. The predicted octanol–water partition coefficient (Wildman–Crippen LogP) is 2.80. The Kier molecular flexibility index (Phi) is 4.22. The smallest absolute Gasteiger partial charge is 0.269 e. The monoisotopic (exact) mass is 292 g/mol. The Balaban J connectivity index is 2.09. The molecule has 0 bridgehead atoms. The standard InChI is InChI=1S/C14H10F2N2O3/c15-12-6-2-5-11(13(12)16)14(19)17-8-9-3-1-4-10(7-9)18(20)21/h1-7H,8H2,(H,17,19). The fourth-order valence-electron chi connectivity index (χ4n) is 1.74. The zero-order chi connectivity index (χ0) is 15.4. The number of non-ortho nitro benzene ring substituents is 1. The molecule has 1 amide bonds. The molecule has 108 valence electrons. The van der Waals surface area contributed by atoms with Crippen molar-refractivity contribution in [3.05, 3.63) is 75.3 Å². The molecule has 0 saturated carbocycles. The van der Waals surface area contributed by atoms with Crippen LogP contribution in [0.25, 0.3) is 0 Å².